The van der Waals surface area contributed by atoms with Gasteiger partial charge in [-0.1, -0.05) is 20.3 Å². The number of piperidine rings is 1. The van der Waals surface area contributed by atoms with E-state index in [9.17, 15) is 15.0 Å². The average molecular weight is 458 g/mol. The fourth-order valence-corrected chi connectivity index (χ4v) is 9.98. The Morgan fingerprint density at radius 3 is 2.52 bits per heavy atom. The lowest BCUT2D eigenvalue weighted by Crippen LogP contribution is -2.67. The van der Waals surface area contributed by atoms with E-state index in [0.29, 0.717) is 18.4 Å². The molecule has 2 aliphatic heterocycles. The minimum atomic E-state index is -0.857. The van der Waals surface area contributed by atoms with Gasteiger partial charge in [0.05, 0.1) is 11.7 Å². The zero-order valence-electron chi connectivity index (χ0n) is 20.6. The number of fused-ring (bicyclic) bond motifs is 5. The van der Waals surface area contributed by atoms with Crippen LogP contribution >= 0.6 is 0 Å². The molecule has 5 fully saturated rings. The number of aliphatic hydroxyl groups is 2. The average Bonchev–Trinajstić information content (AvgIpc) is 3.36. The Morgan fingerprint density at radius 2 is 1.79 bits per heavy atom. The first-order valence-corrected chi connectivity index (χ1v) is 13.8. The predicted molar refractivity (Wildman–Crippen MR) is 126 cm³/mol. The molecule has 0 unspecified atom stereocenters. The number of carbonyl (C=O) groups excluding carboxylic acids is 1. The molecule has 184 valence electrons. The Balaban J connectivity index is 1.26. The quantitative estimate of drug-likeness (QED) is 0.612. The summed E-state index contributed by atoms with van der Waals surface area (Å²) in [6, 6.07) is 0.740. The standard InChI is InChI=1S/C28H43NO4/c1-26-10-8-20(29-12-4-3-5-13-29)15-19(26)6-7-22-23(26)16-24(30)27(2)21(9-11-28(22,27)32)18-14-25(31)33-17-18/h14,19-24,30,32H,3-13,15-17H2,1-2H3/t19-,20+,21-,22-,23+,24-,26+,27+,28+/m1/s1. The van der Waals surface area contributed by atoms with E-state index >= 15 is 0 Å². The highest BCUT2D eigenvalue weighted by Gasteiger charge is 2.70. The Hall–Kier alpha value is -0.910. The van der Waals surface area contributed by atoms with Crippen molar-refractivity contribution < 1.29 is 19.7 Å². The van der Waals surface area contributed by atoms with Gasteiger partial charge in [-0.15, -0.1) is 0 Å². The number of esters is 1. The van der Waals surface area contributed by atoms with Crippen LogP contribution in [0.25, 0.3) is 0 Å². The summed E-state index contributed by atoms with van der Waals surface area (Å²) in [5, 5.41) is 24.1. The van der Waals surface area contributed by atoms with Gasteiger partial charge >= 0.3 is 5.97 Å². The van der Waals surface area contributed by atoms with Gasteiger partial charge in [0, 0.05) is 17.5 Å². The van der Waals surface area contributed by atoms with Crippen LogP contribution < -0.4 is 0 Å². The van der Waals surface area contributed by atoms with Gasteiger partial charge in [-0.05, 0) is 112 Å². The zero-order valence-corrected chi connectivity index (χ0v) is 20.6. The fraction of sp³-hybridized carbons (Fsp3) is 0.893. The molecule has 2 N–H and O–H groups in total. The molecule has 4 aliphatic carbocycles. The lowest BCUT2D eigenvalue weighted by atomic mass is 9.42. The van der Waals surface area contributed by atoms with Crippen molar-refractivity contribution in [3.63, 3.8) is 0 Å². The molecule has 5 heteroatoms. The van der Waals surface area contributed by atoms with Crippen molar-refractivity contribution in [3.8, 4) is 0 Å². The Labute approximate surface area is 198 Å². The van der Waals surface area contributed by atoms with Gasteiger partial charge in [0.2, 0.25) is 0 Å². The Bertz CT molecular complexity index is 836. The summed E-state index contributed by atoms with van der Waals surface area (Å²) in [5.74, 6) is 1.11. The highest BCUT2D eigenvalue weighted by atomic mass is 16.5. The van der Waals surface area contributed by atoms with Crippen molar-refractivity contribution >= 4 is 5.97 Å². The number of likely N-dealkylation sites (tertiary alicyclic amines) is 1. The summed E-state index contributed by atoms with van der Waals surface area (Å²) < 4.78 is 5.23. The van der Waals surface area contributed by atoms with Gasteiger partial charge in [-0.2, -0.15) is 0 Å². The summed E-state index contributed by atoms with van der Waals surface area (Å²) in [7, 11) is 0. The van der Waals surface area contributed by atoms with E-state index in [2.05, 4.69) is 18.7 Å². The van der Waals surface area contributed by atoms with E-state index in [-0.39, 0.29) is 23.2 Å². The number of rotatable bonds is 2. The van der Waals surface area contributed by atoms with E-state index in [1.807, 2.05) is 0 Å². The number of carbonyl (C=O) groups is 1. The van der Waals surface area contributed by atoms with Crippen molar-refractivity contribution in [2.24, 2.45) is 34.5 Å². The molecule has 0 bridgehead atoms. The minimum Gasteiger partial charge on any atom is -0.458 e. The molecule has 0 aromatic heterocycles. The number of aliphatic hydroxyl groups excluding tert-OH is 1. The molecular formula is C28H43NO4. The van der Waals surface area contributed by atoms with Crippen LogP contribution in [0.2, 0.25) is 0 Å². The van der Waals surface area contributed by atoms with E-state index < -0.39 is 17.1 Å². The monoisotopic (exact) mass is 457 g/mol. The topological polar surface area (TPSA) is 70.0 Å². The van der Waals surface area contributed by atoms with Gasteiger partial charge in [-0.25, -0.2) is 4.79 Å². The van der Waals surface area contributed by atoms with E-state index in [1.54, 1.807) is 6.08 Å². The highest BCUT2D eigenvalue weighted by Crippen LogP contribution is 2.70. The molecule has 33 heavy (non-hydrogen) atoms. The molecule has 9 atom stereocenters. The molecule has 1 saturated heterocycles. The molecule has 4 saturated carbocycles. The first-order valence-electron chi connectivity index (χ1n) is 13.8. The number of cyclic esters (lactones) is 1. The van der Waals surface area contributed by atoms with E-state index in [1.165, 1.54) is 58.0 Å². The molecule has 6 aliphatic rings. The molecule has 5 nitrogen and oxygen atoms in total. The smallest absolute Gasteiger partial charge is 0.331 e. The first kappa shape index (κ1) is 22.5. The second-order valence-electron chi connectivity index (χ2n) is 12.9. The van der Waals surface area contributed by atoms with Crippen LogP contribution in [0.4, 0.5) is 0 Å². The molecule has 0 radical (unpaired) electrons. The lowest BCUT2D eigenvalue weighted by Gasteiger charge is -2.65. The zero-order chi connectivity index (χ0) is 23.0. The van der Waals surface area contributed by atoms with E-state index in [0.717, 1.165) is 37.3 Å². The molecule has 0 spiro atoms. The second kappa shape index (κ2) is 7.80. The summed E-state index contributed by atoms with van der Waals surface area (Å²) >= 11 is 0. The molecule has 2 heterocycles. The fourth-order valence-electron chi connectivity index (χ4n) is 9.98. The van der Waals surface area contributed by atoms with Crippen molar-refractivity contribution in [1.29, 1.82) is 0 Å². The van der Waals surface area contributed by atoms with Crippen LogP contribution in [0, 0.1) is 34.5 Å². The molecule has 0 aromatic rings. The number of ether oxygens (including phenoxy) is 1. The SMILES string of the molecule is C[C@]12CC[C@H](N3CCCCC3)C[C@H]1CC[C@@H]1[C@@H]2C[C@@H](O)[C@]2(C)[C@@H](C3=CC(=O)OC3)CC[C@]12O. The summed E-state index contributed by atoms with van der Waals surface area (Å²) in [4.78, 5) is 14.6. The van der Waals surface area contributed by atoms with Crippen LogP contribution in [0.3, 0.4) is 0 Å². The van der Waals surface area contributed by atoms with Crippen LogP contribution in [0.5, 0.6) is 0 Å². The summed E-state index contributed by atoms with van der Waals surface area (Å²) in [6.45, 7) is 7.49. The van der Waals surface area contributed by atoms with Gasteiger partial charge in [0.15, 0.2) is 0 Å². The maximum absolute atomic E-state index is 12.4. The third kappa shape index (κ3) is 3.10. The van der Waals surface area contributed by atoms with Crippen LogP contribution in [-0.4, -0.2) is 58.5 Å². The summed E-state index contributed by atoms with van der Waals surface area (Å²) in [5.41, 5.74) is -0.249. The van der Waals surface area contributed by atoms with Crippen LogP contribution in [-0.2, 0) is 9.53 Å². The largest absolute Gasteiger partial charge is 0.458 e. The molecular weight excluding hydrogens is 414 g/mol. The maximum atomic E-state index is 12.4. The van der Waals surface area contributed by atoms with Crippen LogP contribution in [0.1, 0.15) is 84.5 Å². The van der Waals surface area contributed by atoms with Gasteiger partial charge in [-0.3, -0.25) is 0 Å². The van der Waals surface area contributed by atoms with Crippen molar-refractivity contribution in [2.45, 2.75) is 102 Å². The van der Waals surface area contributed by atoms with Crippen molar-refractivity contribution in [2.75, 3.05) is 19.7 Å². The van der Waals surface area contributed by atoms with Crippen LogP contribution in [0.15, 0.2) is 11.6 Å². The third-order valence-electron chi connectivity index (χ3n) is 12.0. The van der Waals surface area contributed by atoms with Gasteiger partial charge < -0.3 is 19.8 Å². The predicted octanol–water partition coefficient (Wildman–Crippen LogP) is 4.07. The lowest BCUT2D eigenvalue weighted by molar-refractivity contribution is -0.244. The van der Waals surface area contributed by atoms with Crippen molar-refractivity contribution in [1.82, 2.24) is 4.90 Å². The number of hydrogen-bond donors (Lipinski definition) is 2. The number of hydrogen-bond acceptors (Lipinski definition) is 5. The summed E-state index contributed by atoms with van der Waals surface area (Å²) in [6.07, 6.45) is 13.7. The molecule has 6 rings (SSSR count). The van der Waals surface area contributed by atoms with E-state index in [4.69, 9.17) is 4.74 Å². The van der Waals surface area contributed by atoms with Crippen molar-refractivity contribution in [3.05, 3.63) is 11.6 Å². The normalized spacial score (nSPS) is 52.5. The molecule has 0 amide bonds. The highest BCUT2D eigenvalue weighted by molar-refractivity contribution is 5.85. The van der Waals surface area contributed by atoms with Gasteiger partial charge in [0.1, 0.15) is 6.61 Å². The third-order valence-corrected chi connectivity index (χ3v) is 12.0. The Morgan fingerprint density at radius 1 is 1.00 bits per heavy atom. The number of nitrogens with zero attached hydrogens (tertiary/aromatic N) is 1. The minimum absolute atomic E-state index is 0.0327. The Kier molecular flexibility index (Phi) is 5.33. The maximum Gasteiger partial charge on any atom is 0.331 e. The second-order valence-corrected chi connectivity index (χ2v) is 12.9. The molecule has 0 aromatic carbocycles. The first-order chi connectivity index (χ1) is 15.8. The van der Waals surface area contributed by atoms with Gasteiger partial charge in [0.25, 0.3) is 0 Å².